The van der Waals surface area contributed by atoms with Gasteiger partial charge in [-0.1, -0.05) is 45.6 Å². The molecule has 5 saturated carbocycles. The summed E-state index contributed by atoms with van der Waals surface area (Å²) >= 11 is 0. The van der Waals surface area contributed by atoms with E-state index in [1.165, 1.54) is 122 Å². The molecule has 5 rings (SSSR count). The summed E-state index contributed by atoms with van der Waals surface area (Å²) in [7, 11) is 0. The molecule has 0 aliphatic heterocycles. The van der Waals surface area contributed by atoms with Crippen LogP contribution in [0.1, 0.15) is 149 Å². The largest absolute Gasteiger partial charge is 0.459 e. The van der Waals surface area contributed by atoms with Crippen LogP contribution in [0.4, 0.5) is 0 Å². The van der Waals surface area contributed by atoms with Gasteiger partial charge >= 0.3 is 5.97 Å². The van der Waals surface area contributed by atoms with Gasteiger partial charge in [0.1, 0.15) is 6.10 Å². The zero-order valence-corrected chi connectivity index (χ0v) is 25.0. The van der Waals surface area contributed by atoms with Crippen LogP contribution in [0.25, 0.3) is 0 Å². The van der Waals surface area contributed by atoms with E-state index >= 15 is 0 Å². The summed E-state index contributed by atoms with van der Waals surface area (Å²) in [6.07, 6.45) is 29.8. The zero-order valence-electron chi connectivity index (χ0n) is 25.0. The smallest absolute Gasteiger partial charge is 0.333 e. The minimum absolute atomic E-state index is 0.125. The second-order valence-electron chi connectivity index (χ2n) is 14.6. The Kier molecular flexibility index (Phi) is 10.3. The summed E-state index contributed by atoms with van der Waals surface area (Å²) in [6.45, 7) is 7.99. The van der Waals surface area contributed by atoms with Crippen molar-refractivity contribution in [3.8, 4) is 0 Å². The molecule has 0 aromatic rings. The van der Waals surface area contributed by atoms with Crippen molar-refractivity contribution in [1.29, 1.82) is 0 Å². The number of ether oxygens (including phenoxy) is 1. The summed E-state index contributed by atoms with van der Waals surface area (Å²) < 4.78 is 5.68. The molecule has 0 saturated heterocycles. The monoisotopic (exact) mass is 525 g/mol. The average molecular weight is 526 g/mol. The lowest BCUT2D eigenvalue weighted by molar-refractivity contribution is -0.146. The second-order valence-corrected chi connectivity index (χ2v) is 14.6. The van der Waals surface area contributed by atoms with E-state index < -0.39 is 0 Å². The highest BCUT2D eigenvalue weighted by Crippen LogP contribution is 2.45. The molecule has 5 fully saturated rings. The lowest BCUT2D eigenvalue weighted by Crippen LogP contribution is -2.53. The Bertz CT molecular complexity index is 740. The molecule has 3 nitrogen and oxygen atoms in total. The number of rotatable bonds is 7. The van der Waals surface area contributed by atoms with E-state index in [1.807, 2.05) is 0 Å². The van der Waals surface area contributed by atoms with Crippen molar-refractivity contribution in [1.82, 2.24) is 4.90 Å². The SMILES string of the molecule is C=C(C)C(=O)OC1CCC(C2CCC(N(C3CCC(C)CC3)C3CCC(C4CCCCC4)CC3)CC2)CC1. The van der Waals surface area contributed by atoms with Crippen LogP contribution in [-0.2, 0) is 9.53 Å². The molecule has 0 amide bonds. The molecule has 0 atom stereocenters. The van der Waals surface area contributed by atoms with Gasteiger partial charge in [0.2, 0.25) is 0 Å². The van der Waals surface area contributed by atoms with Crippen molar-refractivity contribution < 1.29 is 9.53 Å². The van der Waals surface area contributed by atoms with Gasteiger partial charge in [-0.25, -0.2) is 4.79 Å². The van der Waals surface area contributed by atoms with E-state index in [-0.39, 0.29) is 12.1 Å². The standard InChI is InChI=1S/C35H59NO2/c1-25(2)35(37)38-34-23-15-30(16-24-34)29-13-21-33(22-14-29)36(31-17-9-26(3)10-18-31)32-19-11-28(12-20-32)27-7-5-4-6-8-27/h26-34H,1,4-24H2,2-3H3. The second kappa shape index (κ2) is 13.7. The molecule has 0 heterocycles. The Labute approximate surface area is 234 Å². The predicted octanol–water partition coefficient (Wildman–Crippen LogP) is 9.24. The van der Waals surface area contributed by atoms with E-state index in [0.29, 0.717) is 5.57 Å². The van der Waals surface area contributed by atoms with Crippen LogP contribution >= 0.6 is 0 Å². The van der Waals surface area contributed by atoms with Gasteiger partial charge < -0.3 is 4.74 Å². The summed E-state index contributed by atoms with van der Waals surface area (Å²) in [5, 5.41) is 0. The van der Waals surface area contributed by atoms with Crippen molar-refractivity contribution in [3.05, 3.63) is 12.2 Å². The van der Waals surface area contributed by atoms with Crippen molar-refractivity contribution >= 4 is 5.97 Å². The van der Waals surface area contributed by atoms with Crippen LogP contribution in [0.2, 0.25) is 0 Å². The normalized spacial score (nSPS) is 39.6. The molecule has 0 bridgehead atoms. The molecule has 0 aromatic carbocycles. The first-order valence-electron chi connectivity index (χ1n) is 17.1. The average Bonchev–Trinajstić information content (AvgIpc) is 2.96. The van der Waals surface area contributed by atoms with Crippen LogP contribution in [-0.4, -0.2) is 35.1 Å². The predicted molar refractivity (Wildman–Crippen MR) is 158 cm³/mol. The van der Waals surface area contributed by atoms with Gasteiger partial charge in [-0.2, -0.15) is 0 Å². The fraction of sp³-hybridized carbons (Fsp3) is 0.914. The molecule has 3 heteroatoms. The summed E-state index contributed by atoms with van der Waals surface area (Å²) in [5.74, 6) is 4.60. The fourth-order valence-electron chi connectivity index (χ4n) is 9.71. The minimum atomic E-state index is -0.195. The van der Waals surface area contributed by atoms with E-state index in [9.17, 15) is 4.79 Å². The van der Waals surface area contributed by atoms with Crippen molar-refractivity contribution in [2.24, 2.45) is 29.6 Å². The summed E-state index contributed by atoms with van der Waals surface area (Å²) in [6, 6.07) is 2.57. The third-order valence-electron chi connectivity index (χ3n) is 12.1. The van der Waals surface area contributed by atoms with E-state index in [4.69, 9.17) is 4.74 Å². The topological polar surface area (TPSA) is 29.5 Å². The molecule has 216 valence electrons. The molecule has 0 aromatic heterocycles. The maximum absolute atomic E-state index is 11.9. The first-order valence-corrected chi connectivity index (χ1v) is 17.1. The molecular formula is C35H59NO2. The van der Waals surface area contributed by atoms with Crippen molar-refractivity contribution in [3.63, 3.8) is 0 Å². The van der Waals surface area contributed by atoms with Gasteiger partial charge in [0.25, 0.3) is 0 Å². The molecule has 0 N–H and O–H groups in total. The summed E-state index contributed by atoms with van der Waals surface area (Å²) in [4.78, 5) is 15.1. The third kappa shape index (κ3) is 7.27. The highest BCUT2D eigenvalue weighted by atomic mass is 16.5. The third-order valence-corrected chi connectivity index (χ3v) is 12.1. The molecule has 0 unspecified atom stereocenters. The molecule has 0 spiro atoms. The molecule has 5 aliphatic rings. The van der Waals surface area contributed by atoms with Gasteiger partial charge in [-0.3, -0.25) is 4.90 Å². The van der Waals surface area contributed by atoms with Crippen LogP contribution in [0, 0.1) is 29.6 Å². The van der Waals surface area contributed by atoms with E-state index in [2.05, 4.69) is 18.4 Å². The highest BCUT2D eigenvalue weighted by Gasteiger charge is 2.40. The Balaban J connectivity index is 1.13. The lowest BCUT2D eigenvalue weighted by Gasteiger charge is -2.50. The summed E-state index contributed by atoms with van der Waals surface area (Å²) in [5.41, 5.74) is 0.532. The number of carbonyl (C=O) groups is 1. The maximum Gasteiger partial charge on any atom is 0.333 e. The van der Waals surface area contributed by atoms with Crippen LogP contribution < -0.4 is 0 Å². The molecular weight excluding hydrogens is 466 g/mol. The van der Waals surface area contributed by atoms with Gasteiger partial charge in [-0.15, -0.1) is 0 Å². The van der Waals surface area contributed by atoms with Crippen LogP contribution in [0.5, 0.6) is 0 Å². The van der Waals surface area contributed by atoms with Crippen LogP contribution in [0.15, 0.2) is 12.2 Å². The zero-order chi connectivity index (χ0) is 26.5. The molecule has 38 heavy (non-hydrogen) atoms. The number of hydrogen-bond donors (Lipinski definition) is 0. The van der Waals surface area contributed by atoms with Crippen LogP contribution in [0.3, 0.4) is 0 Å². The lowest BCUT2D eigenvalue weighted by atomic mass is 9.70. The molecule has 0 radical (unpaired) electrons. The highest BCUT2D eigenvalue weighted by molar-refractivity contribution is 5.87. The minimum Gasteiger partial charge on any atom is -0.459 e. The maximum atomic E-state index is 11.9. The van der Waals surface area contributed by atoms with E-state index in [0.717, 1.165) is 60.6 Å². The van der Waals surface area contributed by atoms with E-state index in [1.54, 1.807) is 6.92 Å². The quantitative estimate of drug-likeness (QED) is 0.245. The van der Waals surface area contributed by atoms with Gasteiger partial charge in [0.15, 0.2) is 0 Å². The van der Waals surface area contributed by atoms with Gasteiger partial charge in [0, 0.05) is 23.7 Å². The van der Waals surface area contributed by atoms with Crippen molar-refractivity contribution in [2.75, 3.05) is 0 Å². The fourth-order valence-corrected chi connectivity index (χ4v) is 9.71. The number of hydrogen-bond acceptors (Lipinski definition) is 3. The Morgan fingerprint density at radius 3 is 1.42 bits per heavy atom. The van der Waals surface area contributed by atoms with Gasteiger partial charge in [-0.05, 0) is 139 Å². The first kappa shape index (κ1) is 28.7. The molecule has 5 aliphatic carbocycles. The van der Waals surface area contributed by atoms with Crippen molar-refractivity contribution in [2.45, 2.75) is 173 Å². The Hall–Kier alpha value is -0.830. The number of carbonyl (C=O) groups excluding carboxylic acids is 1. The Morgan fingerprint density at radius 1 is 0.579 bits per heavy atom. The van der Waals surface area contributed by atoms with Gasteiger partial charge in [0.05, 0.1) is 0 Å². The number of nitrogens with zero attached hydrogens (tertiary/aromatic N) is 1. The number of esters is 1. The Morgan fingerprint density at radius 2 is 0.974 bits per heavy atom. The first-order chi connectivity index (χ1) is 18.5.